The van der Waals surface area contributed by atoms with Crippen molar-refractivity contribution in [1.82, 2.24) is 10.2 Å². The summed E-state index contributed by atoms with van der Waals surface area (Å²) in [6, 6.07) is 4.68. The maximum Gasteiger partial charge on any atom is 0.417 e. The van der Waals surface area contributed by atoms with Crippen molar-refractivity contribution in [3.05, 3.63) is 52.7 Å². The first-order valence-electron chi connectivity index (χ1n) is 13.5. The van der Waals surface area contributed by atoms with Crippen LogP contribution in [0.25, 0.3) is 0 Å². The summed E-state index contributed by atoms with van der Waals surface area (Å²) in [6.45, 7) is 1.62. The molecule has 5 unspecified atom stereocenters. The van der Waals surface area contributed by atoms with Crippen LogP contribution in [0, 0.1) is 29.1 Å². The van der Waals surface area contributed by atoms with Crippen molar-refractivity contribution in [3.63, 3.8) is 0 Å². The Morgan fingerprint density at radius 1 is 1.18 bits per heavy atom. The zero-order chi connectivity index (χ0) is 29.0. The minimum absolute atomic E-state index is 0.0285. The van der Waals surface area contributed by atoms with Gasteiger partial charge in [-0.2, -0.15) is 18.4 Å². The van der Waals surface area contributed by atoms with Gasteiger partial charge in [0.15, 0.2) is 5.11 Å². The lowest BCUT2D eigenvalue weighted by Gasteiger charge is -2.48. The van der Waals surface area contributed by atoms with Gasteiger partial charge in [-0.3, -0.25) is 14.5 Å². The van der Waals surface area contributed by atoms with E-state index in [9.17, 15) is 28.0 Å². The van der Waals surface area contributed by atoms with Gasteiger partial charge in [-0.05, 0) is 73.7 Å². The van der Waals surface area contributed by atoms with E-state index in [2.05, 4.69) is 5.32 Å². The Kier molecular flexibility index (Phi) is 7.27. The van der Waals surface area contributed by atoms with Crippen LogP contribution < -0.4 is 10.2 Å². The summed E-state index contributed by atoms with van der Waals surface area (Å²) < 4.78 is 57.1. The number of halogens is 4. The van der Waals surface area contributed by atoms with Gasteiger partial charge in [0.2, 0.25) is 5.91 Å². The molecule has 2 saturated carbocycles. The fourth-order valence-corrected chi connectivity index (χ4v) is 7.48. The van der Waals surface area contributed by atoms with E-state index in [0.717, 1.165) is 49.1 Å². The van der Waals surface area contributed by atoms with Crippen LogP contribution in [0.3, 0.4) is 0 Å². The number of carbonyl (C=O) groups is 2. The molecule has 0 bridgehead atoms. The minimum atomic E-state index is -4.81. The summed E-state index contributed by atoms with van der Waals surface area (Å²) in [5.41, 5.74) is -2.60. The monoisotopic (exact) mass is 574 g/mol. The van der Waals surface area contributed by atoms with E-state index >= 15 is 4.39 Å². The number of amides is 2. The largest absolute Gasteiger partial charge is 0.417 e. The molecule has 0 radical (unpaired) electrons. The summed E-state index contributed by atoms with van der Waals surface area (Å²) in [5.74, 6) is -1.14. The van der Waals surface area contributed by atoms with E-state index in [4.69, 9.17) is 12.2 Å². The number of nitriles is 1. The molecule has 1 saturated heterocycles. The van der Waals surface area contributed by atoms with Gasteiger partial charge in [0, 0.05) is 18.7 Å². The van der Waals surface area contributed by atoms with Gasteiger partial charge < -0.3 is 10.2 Å². The molecular formula is C29H30F4N4O2S. The standard InChI is InChI=1S/C29H30F4N4O2S/c1-16-23(10-9-21(24(16)30)25(38)35-2)37-27(40)36(20-8-7-19(15-34)22(13-20)29(31,32)33)26(39)28(37)12-11-17-5-3-4-6-18(17)14-28/h7-10,13,16-18,24H,3-6,11-12,14H2,1-2H3,(H,35,38). The van der Waals surface area contributed by atoms with Crippen LogP contribution in [0.1, 0.15) is 63.0 Å². The number of anilines is 1. The van der Waals surface area contributed by atoms with Crippen LogP contribution in [0.5, 0.6) is 0 Å². The van der Waals surface area contributed by atoms with E-state index < -0.39 is 46.7 Å². The van der Waals surface area contributed by atoms with Crippen LogP contribution in [0.2, 0.25) is 0 Å². The van der Waals surface area contributed by atoms with E-state index in [1.807, 2.05) is 0 Å². The van der Waals surface area contributed by atoms with Crippen molar-refractivity contribution >= 4 is 34.8 Å². The second-order valence-electron chi connectivity index (χ2n) is 11.2. The molecule has 6 nitrogen and oxygen atoms in total. The van der Waals surface area contributed by atoms with Crippen LogP contribution in [-0.4, -0.2) is 40.6 Å². The normalized spacial score (nSPS) is 30.5. The average molecular weight is 575 g/mol. The molecule has 3 fully saturated rings. The molecule has 40 heavy (non-hydrogen) atoms. The van der Waals surface area contributed by atoms with Crippen molar-refractivity contribution in [1.29, 1.82) is 5.26 Å². The average Bonchev–Trinajstić information content (AvgIpc) is 3.14. The number of hydrogen-bond donors (Lipinski definition) is 1. The maximum atomic E-state index is 15.6. The quantitative estimate of drug-likeness (QED) is 0.366. The topological polar surface area (TPSA) is 76.4 Å². The van der Waals surface area contributed by atoms with Crippen LogP contribution in [0.15, 0.2) is 41.6 Å². The molecule has 0 aromatic heterocycles. The summed E-state index contributed by atoms with van der Waals surface area (Å²) >= 11 is 5.82. The number of hydrogen-bond acceptors (Lipinski definition) is 4. The first-order chi connectivity index (χ1) is 18.9. The number of benzene rings is 1. The van der Waals surface area contributed by atoms with Crippen LogP contribution in [0.4, 0.5) is 23.2 Å². The number of carbonyl (C=O) groups excluding carboxylic acids is 2. The van der Waals surface area contributed by atoms with Gasteiger partial charge in [-0.25, -0.2) is 4.39 Å². The van der Waals surface area contributed by atoms with Gasteiger partial charge in [0.1, 0.15) is 11.7 Å². The predicted octanol–water partition coefficient (Wildman–Crippen LogP) is 5.78. The zero-order valence-corrected chi connectivity index (χ0v) is 23.0. The van der Waals surface area contributed by atoms with Crippen molar-refractivity contribution < 1.29 is 27.2 Å². The van der Waals surface area contributed by atoms with Gasteiger partial charge in [0.25, 0.3) is 5.91 Å². The van der Waals surface area contributed by atoms with Crippen molar-refractivity contribution in [2.24, 2.45) is 17.8 Å². The molecule has 11 heteroatoms. The second kappa shape index (κ2) is 10.3. The molecule has 5 rings (SSSR count). The Balaban J connectivity index is 1.64. The highest BCUT2D eigenvalue weighted by atomic mass is 32.1. The molecule has 4 aliphatic rings. The summed E-state index contributed by atoms with van der Waals surface area (Å²) in [7, 11) is 1.41. The molecule has 3 aliphatic carbocycles. The summed E-state index contributed by atoms with van der Waals surface area (Å²) in [6.07, 6.45) is 2.32. The zero-order valence-electron chi connectivity index (χ0n) is 22.2. The smallest absolute Gasteiger partial charge is 0.355 e. The number of nitrogens with one attached hydrogen (secondary N) is 1. The lowest BCUT2D eigenvalue weighted by Crippen LogP contribution is -2.55. The van der Waals surface area contributed by atoms with Crippen LogP contribution >= 0.6 is 12.2 Å². The summed E-state index contributed by atoms with van der Waals surface area (Å²) in [5, 5.41) is 11.7. The highest BCUT2D eigenvalue weighted by Crippen LogP contribution is 2.53. The van der Waals surface area contributed by atoms with Crippen LogP contribution in [-0.2, 0) is 15.8 Å². The van der Waals surface area contributed by atoms with E-state index in [-0.39, 0.29) is 22.3 Å². The number of nitrogens with zero attached hydrogens (tertiary/aromatic N) is 3. The molecule has 5 atom stereocenters. The third kappa shape index (κ3) is 4.41. The van der Waals surface area contributed by atoms with Gasteiger partial charge in [-0.1, -0.05) is 32.6 Å². The number of likely N-dealkylation sites (N-methyl/N-ethyl adjacent to an activating group) is 1. The molecule has 1 aromatic rings. The molecule has 1 aliphatic heterocycles. The predicted molar refractivity (Wildman–Crippen MR) is 144 cm³/mol. The van der Waals surface area contributed by atoms with Gasteiger partial charge in [-0.15, -0.1) is 0 Å². The fourth-order valence-electron chi connectivity index (χ4n) is 7.01. The molecular weight excluding hydrogens is 544 g/mol. The Morgan fingerprint density at radius 2 is 1.88 bits per heavy atom. The molecule has 1 spiro atoms. The molecule has 1 N–H and O–H groups in total. The van der Waals surface area contributed by atoms with Crippen molar-refractivity contribution in [2.45, 2.75) is 69.8 Å². The first-order valence-corrected chi connectivity index (χ1v) is 13.9. The molecule has 2 amide bonds. The fraction of sp³-hybridized carbons (Fsp3) is 0.517. The number of allylic oxidation sites excluding steroid dienone is 3. The minimum Gasteiger partial charge on any atom is -0.355 e. The molecule has 212 valence electrons. The number of rotatable bonds is 3. The Labute approximate surface area is 235 Å². The van der Waals surface area contributed by atoms with E-state index in [1.54, 1.807) is 24.0 Å². The third-order valence-corrected chi connectivity index (χ3v) is 9.44. The van der Waals surface area contributed by atoms with Gasteiger partial charge >= 0.3 is 6.18 Å². The number of alkyl halides is 4. The van der Waals surface area contributed by atoms with Crippen molar-refractivity contribution in [2.75, 3.05) is 11.9 Å². The highest BCUT2D eigenvalue weighted by molar-refractivity contribution is 7.80. The van der Waals surface area contributed by atoms with E-state index in [0.29, 0.717) is 24.5 Å². The highest BCUT2D eigenvalue weighted by Gasteiger charge is 2.60. The van der Waals surface area contributed by atoms with Crippen molar-refractivity contribution in [3.8, 4) is 6.07 Å². The second-order valence-corrected chi connectivity index (χ2v) is 11.5. The number of thiocarbonyl (C=S) groups is 1. The number of fused-ring (bicyclic) bond motifs is 1. The Hall–Kier alpha value is -3.26. The molecule has 1 aromatic carbocycles. The molecule has 1 heterocycles. The lowest BCUT2D eigenvalue weighted by molar-refractivity contribution is -0.137. The maximum absolute atomic E-state index is 15.6. The summed E-state index contributed by atoms with van der Waals surface area (Å²) in [4.78, 5) is 29.4. The third-order valence-electron chi connectivity index (χ3n) is 9.08. The SMILES string of the molecule is CNC(=O)C1=CC=C(N2C(=S)N(c3ccc(C#N)c(C(F)(F)F)c3)C(=O)C23CCC2CCCCC2C3)C(C)C1F. The Morgan fingerprint density at radius 3 is 2.52 bits per heavy atom. The lowest BCUT2D eigenvalue weighted by atomic mass is 9.64. The van der Waals surface area contributed by atoms with E-state index in [1.165, 1.54) is 19.2 Å². The van der Waals surface area contributed by atoms with Gasteiger partial charge in [0.05, 0.1) is 28.5 Å². The first kappa shape index (κ1) is 28.3. The Bertz CT molecular complexity index is 1370.